The molecule has 3 rings (SSSR count). The fourth-order valence-electron chi connectivity index (χ4n) is 2.88. The average molecular weight is 459 g/mol. The number of carbonyl (C=O) groups is 1. The van der Waals surface area contributed by atoms with Gasteiger partial charge in [-0.15, -0.1) is 5.10 Å². The van der Waals surface area contributed by atoms with E-state index >= 15 is 0 Å². The van der Waals surface area contributed by atoms with Gasteiger partial charge < -0.3 is 4.90 Å². The molecular weight excluding hydrogens is 440 g/mol. The Morgan fingerprint density at radius 2 is 2.04 bits per heavy atom. The number of rotatable bonds is 5. The van der Waals surface area contributed by atoms with E-state index in [0.717, 1.165) is 24.4 Å². The number of piperidine rings is 1. The number of aryl methyl sites for hydroxylation is 1. The molecule has 140 valence electrons. The Hall–Kier alpha value is -1.36. The molecule has 1 amide bonds. The van der Waals surface area contributed by atoms with Crippen LogP contribution in [0.15, 0.2) is 33.6 Å². The van der Waals surface area contributed by atoms with Crippen LogP contribution in [0.25, 0.3) is 0 Å². The second-order valence-corrected chi connectivity index (χ2v) is 9.55. The van der Waals surface area contributed by atoms with E-state index in [4.69, 9.17) is 0 Å². The van der Waals surface area contributed by atoms with Crippen molar-refractivity contribution in [2.75, 3.05) is 19.6 Å². The number of likely N-dealkylation sites (tertiary alicyclic amines) is 1. The van der Waals surface area contributed by atoms with Gasteiger partial charge in [0.05, 0.1) is 10.6 Å². The van der Waals surface area contributed by atoms with Crippen molar-refractivity contribution in [1.29, 1.82) is 0 Å². The molecular formula is C16H19BrN4O3S2. The van der Waals surface area contributed by atoms with E-state index in [1.807, 2.05) is 0 Å². The molecule has 0 aliphatic carbocycles. The summed E-state index contributed by atoms with van der Waals surface area (Å²) >= 11 is 4.39. The minimum Gasteiger partial charge on any atom is -0.338 e. The Morgan fingerprint density at radius 1 is 1.35 bits per heavy atom. The van der Waals surface area contributed by atoms with Crippen molar-refractivity contribution >= 4 is 43.4 Å². The molecule has 1 aromatic heterocycles. The van der Waals surface area contributed by atoms with E-state index in [9.17, 15) is 13.2 Å². The first-order valence-electron chi connectivity index (χ1n) is 8.21. The van der Waals surface area contributed by atoms with Gasteiger partial charge >= 0.3 is 0 Å². The van der Waals surface area contributed by atoms with Crippen molar-refractivity contribution in [1.82, 2.24) is 19.2 Å². The normalized spacial score (nSPS) is 16.0. The largest absolute Gasteiger partial charge is 0.338 e. The fraction of sp³-hybridized carbons (Fsp3) is 0.438. The summed E-state index contributed by atoms with van der Waals surface area (Å²) in [7, 11) is -3.55. The summed E-state index contributed by atoms with van der Waals surface area (Å²) in [6.45, 7) is 3.36. The van der Waals surface area contributed by atoms with Gasteiger partial charge in [-0.3, -0.25) is 4.79 Å². The Balaban J connectivity index is 1.54. The standard InChI is InChI=1S/C16H19BrN4O3S2/c1-11-15(25-20-19-11)16(22)21-8-6-12(7-9-21)10-18-26(23,24)14-5-3-2-4-13(14)17/h2-5,12,18H,6-10H2,1H3. The van der Waals surface area contributed by atoms with Crippen LogP contribution in [-0.4, -0.2) is 48.4 Å². The fourth-order valence-corrected chi connectivity index (χ4v) is 5.62. The summed E-state index contributed by atoms with van der Waals surface area (Å²) in [4.78, 5) is 15.1. The monoisotopic (exact) mass is 458 g/mol. The maximum atomic E-state index is 12.5. The van der Waals surface area contributed by atoms with Crippen LogP contribution in [0.3, 0.4) is 0 Å². The topological polar surface area (TPSA) is 92.3 Å². The molecule has 0 unspecified atom stereocenters. The van der Waals surface area contributed by atoms with Crippen molar-refractivity contribution in [2.45, 2.75) is 24.7 Å². The number of aromatic nitrogens is 2. The lowest BCUT2D eigenvalue weighted by Gasteiger charge is -2.31. The van der Waals surface area contributed by atoms with Crippen molar-refractivity contribution in [3.8, 4) is 0 Å². The van der Waals surface area contributed by atoms with Gasteiger partial charge in [-0.25, -0.2) is 13.1 Å². The molecule has 0 bridgehead atoms. The third-order valence-electron chi connectivity index (χ3n) is 4.44. The SMILES string of the molecule is Cc1nnsc1C(=O)N1CCC(CNS(=O)(=O)c2ccccc2Br)CC1. The summed E-state index contributed by atoms with van der Waals surface area (Å²) < 4.78 is 31.9. The Morgan fingerprint density at radius 3 is 2.65 bits per heavy atom. The predicted octanol–water partition coefficient (Wildman–Crippen LogP) is 2.44. The first kappa shape index (κ1) is 19.4. The third kappa shape index (κ3) is 4.30. The second-order valence-electron chi connectivity index (χ2n) is 6.21. The Labute approximate surface area is 165 Å². The molecule has 10 heteroatoms. The summed E-state index contributed by atoms with van der Waals surface area (Å²) in [5.74, 6) is 0.168. The van der Waals surface area contributed by atoms with E-state index < -0.39 is 10.0 Å². The molecule has 2 aromatic rings. The van der Waals surface area contributed by atoms with E-state index in [2.05, 4.69) is 30.2 Å². The predicted molar refractivity (Wildman–Crippen MR) is 103 cm³/mol. The summed E-state index contributed by atoms with van der Waals surface area (Å²) in [6.07, 6.45) is 1.52. The number of nitrogens with zero attached hydrogens (tertiary/aromatic N) is 3. The number of hydrogen-bond acceptors (Lipinski definition) is 6. The van der Waals surface area contributed by atoms with E-state index in [0.29, 0.717) is 34.7 Å². The maximum Gasteiger partial charge on any atom is 0.267 e. The molecule has 1 fully saturated rings. The van der Waals surface area contributed by atoms with Gasteiger partial charge in [0, 0.05) is 24.1 Å². The zero-order valence-electron chi connectivity index (χ0n) is 14.2. The van der Waals surface area contributed by atoms with Gasteiger partial charge in [0.25, 0.3) is 5.91 Å². The van der Waals surface area contributed by atoms with E-state index in [-0.39, 0.29) is 16.7 Å². The quantitative estimate of drug-likeness (QED) is 0.742. The lowest BCUT2D eigenvalue weighted by atomic mass is 9.97. The molecule has 7 nitrogen and oxygen atoms in total. The maximum absolute atomic E-state index is 12.5. The highest BCUT2D eigenvalue weighted by Crippen LogP contribution is 2.23. The van der Waals surface area contributed by atoms with Gasteiger partial charge in [0.2, 0.25) is 10.0 Å². The molecule has 0 spiro atoms. The highest BCUT2D eigenvalue weighted by atomic mass is 79.9. The molecule has 1 aliphatic rings. The van der Waals surface area contributed by atoms with Crippen LogP contribution in [0.5, 0.6) is 0 Å². The molecule has 0 radical (unpaired) electrons. The van der Waals surface area contributed by atoms with Crippen LogP contribution in [-0.2, 0) is 10.0 Å². The molecule has 1 saturated heterocycles. The van der Waals surface area contributed by atoms with Gasteiger partial charge in [-0.05, 0) is 65.3 Å². The molecule has 0 atom stereocenters. The molecule has 0 saturated carbocycles. The van der Waals surface area contributed by atoms with Crippen LogP contribution in [0.4, 0.5) is 0 Å². The van der Waals surface area contributed by atoms with Gasteiger partial charge in [-0.1, -0.05) is 16.6 Å². The van der Waals surface area contributed by atoms with Crippen LogP contribution in [0, 0.1) is 12.8 Å². The lowest BCUT2D eigenvalue weighted by molar-refractivity contribution is 0.0696. The Bertz CT molecular complexity index is 892. The van der Waals surface area contributed by atoms with Crippen molar-refractivity contribution < 1.29 is 13.2 Å². The number of benzene rings is 1. The van der Waals surface area contributed by atoms with Gasteiger partial charge in [0.1, 0.15) is 4.88 Å². The molecule has 1 aromatic carbocycles. The average Bonchev–Trinajstić information content (AvgIpc) is 3.06. The minimum absolute atomic E-state index is 0.0373. The zero-order valence-corrected chi connectivity index (χ0v) is 17.4. The number of hydrogen-bond donors (Lipinski definition) is 1. The van der Waals surface area contributed by atoms with E-state index in [1.54, 1.807) is 36.1 Å². The first-order chi connectivity index (χ1) is 12.4. The van der Waals surface area contributed by atoms with Crippen LogP contribution < -0.4 is 4.72 Å². The van der Waals surface area contributed by atoms with Crippen LogP contribution in [0.1, 0.15) is 28.2 Å². The number of carbonyl (C=O) groups excluding carboxylic acids is 1. The van der Waals surface area contributed by atoms with Crippen LogP contribution in [0.2, 0.25) is 0 Å². The first-order valence-corrected chi connectivity index (χ1v) is 11.3. The third-order valence-corrected chi connectivity index (χ3v) is 7.69. The zero-order chi connectivity index (χ0) is 18.7. The number of nitrogens with one attached hydrogen (secondary N) is 1. The smallest absolute Gasteiger partial charge is 0.267 e. The Kier molecular flexibility index (Phi) is 6.06. The van der Waals surface area contributed by atoms with Crippen molar-refractivity contribution in [3.63, 3.8) is 0 Å². The number of amides is 1. The summed E-state index contributed by atoms with van der Waals surface area (Å²) in [5.41, 5.74) is 0.656. The highest BCUT2D eigenvalue weighted by molar-refractivity contribution is 9.10. The number of sulfonamides is 1. The second kappa shape index (κ2) is 8.12. The van der Waals surface area contributed by atoms with Gasteiger partial charge in [0.15, 0.2) is 0 Å². The number of halogens is 1. The van der Waals surface area contributed by atoms with Gasteiger partial charge in [-0.2, -0.15) is 0 Å². The summed E-state index contributed by atoms with van der Waals surface area (Å²) in [5, 5.41) is 3.88. The van der Waals surface area contributed by atoms with Crippen molar-refractivity contribution in [3.05, 3.63) is 39.3 Å². The molecule has 1 N–H and O–H groups in total. The minimum atomic E-state index is -3.55. The van der Waals surface area contributed by atoms with Crippen molar-refractivity contribution in [2.24, 2.45) is 5.92 Å². The molecule has 26 heavy (non-hydrogen) atoms. The summed E-state index contributed by atoms with van der Waals surface area (Å²) in [6, 6.07) is 6.74. The highest BCUT2D eigenvalue weighted by Gasteiger charge is 2.27. The molecule has 1 aliphatic heterocycles. The van der Waals surface area contributed by atoms with E-state index in [1.165, 1.54) is 0 Å². The van der Waals surface area contributed by atoms with Crippen LogP contribution >= 0.6 is 27.5 Å². The molecule has 2 heterocycles. The lowest BCUT2D eigenvalue weighted by Crippen LogP contribution is -2.41.